The first-order valence-corrected chi connectivity index (χ1v) is 7.54. The number of carbonyl (C=O) groups excluding carboxylic acids is 1. The number of aromatic nitrogens is 1. The minimum Gasteiger partial charge on any atom is -0.453 e. The highest BCUT2D eigenvalue weighted by molar-refractivity contribution is 5.69. The zero-order valence-corrected chi connectivity index (χ0v) is 13.6. The van der Waals surface area contributed by atoms with Gasteiger partial charge in [-0.25, -0.2) is 4.79 Å². The van der Waals surface area contributed by atoms with Crippen molar-refractivity contribution in [3.05, 3.63) is 24.0 Å². The number of hydrogen-bond acceptors (Lipinski definition) is 3. The van der Waals surface area contributed by atoms with Gasteiger partial charge in [-0.3, -0.25) is 4.90 Å². The third kappa shape index (κ3) is 2.79. The van der Waals surface area contributed by atoms with E-state index in [9.17, 15) is 4.79 Å². The van der Waals surface area contributed by atoms with Crippen LogP contribution < -0.4 is 0 Å². The summed E-state index contributed by atoms with van der Waals surface area (Å²) in [5.74, 6) is 0.196. The second-order valence-corrected chi connectivity index (χ2v) is 6.11. The maximum absolute atomic E-state index is 12.2. The van der Waals surface area contributed by atoms with Gasteiger partial charge in [-0.15, -0.1) is 0 Å². The molecule has 0 aromatic carbocycles. The number of aryl methyl sites for hydroxylation is 2. The summed E-state index contributed by atoms with van der Waals surface area (Å²) in [6, 6.07) is 4.18. The predicted octanol–water partition coefficient (Wildman–Crippen LogP) is 2.80. The van der Waals surface area contributed by atoms with Gasteiger partial charge in [-0.05, 0) is 25.5 Å². The molecule has 2 atom stereocenters. The van der Waals surface area contributed by atoms with E-state index in [1.165, 1.54) is 12.8 Å². The van der Waals surface area contributed by atoms with Crippen molar-refractivity contribution in [3.8, 4) is 0 Å². The topological polar surface area (TPSA) is 43.7 Å². The molecule has 1 amide bonds. The second kappa shape index (κ2) is 6.10. The fourth-order valence-electron chi connectivity index (χ4n) is 3.20. The lowest BCUT2D eigenvalue weighted by Crippen LogP contribution is -2.54. The Morgan fingerprint density at radius 2 is 2.29 bits per heavy atom. The molecule has 0 saturated carbocycles. The van der Waals surface area contributed by atoms with Crippen molar-refractivity contribution in [1.82, 2.24) is 9.47 Å². The molecule has 0 aliphatic carbocycles. The van der Waals surface area contributed by atoms with Gasteiger partial charge < -0.3 is 14.0 Å². The molecule has 2 heterocycles. The molecule has 5 nitrogen and oxygen atoms in total. The van der Waals surface area contributed by atoms with Crippen molar-refractivity contribution in [3.63, 3.8) is 0 Å². The van der Waals surface area contributed by atoms with E-state index in [1.807, 2.05) is 26.2 Å². The Labute approximate surface area is 126 Å². The Morgan fingerprint density at radius 3 is 2.81 bits per heavy atom. The lowest BCUT2D eigenvalue weighted by Gasteiger charge is -2.41. The molecule has 1 fully saturated rings. The van der Waals surface area contributed by atoms with Crippen LogP contribution in [-0.2, 0) is 22.9 Å². The van der Waals surface area contributed by atoms with E-state index >= 15 is 0 Å². The molecule has 0 radical (unpaired) electrons. The average Bonchev–Trinajstić information content (AvgIpc) is 3.00. The molecule has 1 aromatic heterocycles. The Hall–Kier alpha value is -1.49. The predicted molar refractivity (Wildman–Crippen MR) is 81.0 cm³/mol. The minimum absolute atomic E-state index is 0.0354. The molecule has 21 heavy (non-hydrogen) atoms. The first-order valence-electron chi connectivity index (χ1n) is 7.54. The van der Waals surface area contributed by atoms with Gasteiger partial charge in [0.2, 0.25) is 0 Å². The van der Waals surface area contributed by atoms with Crippen LogP contribution in [0.15, 0.2) is 18.3 Å². The highest BCUT2D eigenvalue weighted by atomic mass is 16.6. The van der Waals surface area contributed by atoms with Crippen LogP contribution in [0, 0.1) is 5.92 Å². The van der Waals surface area contributed by atoms with Crippen LogP contribution in [0.4, 0.5) is 4.79 Å². The van der Waals surface area contributed by atoms with Gasteiger partial charge in [0.05, 0.1) is 19.8 Å². The molecule has 1 aliphatic rings. The third-order valence-corrected chi connectivity index (χ3v) is 4.49. The quantitative estimate of drug-likeness (QED) is 0.857. The molecule has 1 aliphatic heterocycles. The van der Waals surface area contributed by atoms with E-state index in [0.717, 1.165) is 12.8 Å². The Kier molecular flexibility index (Phi) is 4.61. The standard InChI is InChI=1S/C16H26N2O3/c1-12(2)16(9-8-14-7-6-10-17(14)4)18(15(19)20-5)13(3)11-21-16/h6-7,10,12-13H,8-9,11H2,1-5H3/t13-,16-/m1/s1. The van der Waals surface area contributed by atoms with Gasteiger partial charge in [0.1, 0.15) is 5.72 Å². The summed E-state index contributed by atoms with van der Waals surface area (Å²) >= 11 is 0. The molecule has 1 saturated heterocycles. The maximum Gasteiger partial charge on any atom is 0.412 e. The fourth-order valence-corrected chi connectivity index (χ4v) is 3.20. The van der Waals surface area contributed by atoms with Gasteiger partial charge in [-0.1, -0.05) is 13.8 Å². The molecule has 2 rings (SSSR count). The van der Waals surface area contributed by atoms with Crippen molar-refractivity contribution in [2.45, 2.75) is 45.4 Å². The van der Waals surface area contributed by atoms with Crippen LogP contribution in [0.5, 0.6) is 0 Å². The van der Waals surface area contributed by atoms with Gasteiger partial charge in [-0.2, -0.15) is 0 Å². The number of nitrogens with zero attached hydrogens (tertiary/aromatic N) is 2. The van der Waals surface area contributed by atoms with Crippen LogP contribution in [0.25, 0.3) is 0 Å². The van der Waals surface area contributed by atoms with Crippen molar-refractivity contribution in [2.75, 3.05) is 13.7 Å². The van der Waals surface area contributed by atoms with Crippen molar-refractivity contribution < 1.29 is 14.3 Å². The summed E-state index contributed by atoms with van der Waals surface area (Å²) in [6.07, 6.45) is 3.36. The first kappa shape index (κ1) is 15.9. The van der Waals surface area contributed by atoms with Gasteiger partial charge in [0.25, 0.3) is 0 Å². The number of ether oxygens (including phenoxy) is 2. The van der Waals surface area contributed by atoms with Crippen molar-refractivity contribution in [1.29, 1.82) is 0 Å². The Bertz CT molecular complexity index is 497. The van der Waals surface area contributed by atoms with Crippen molar-refractivity contribution >= 4 is 6.09 Å². The number of methoxy groups -OCH3 is 1. The molecule has 118 valence electrons. The SMILES string of the molecule is COC(=O)N1[C@H](C)CO[C@]1(CCc1cccn1C)C(C)C. The first-order chi connectivity index (χ1) is 9.92. The van der Waals surface area contributed by atoms with Gasteiger partial charge >= 0.3 is 6.09 Å². The lowest BCUT2D eigenvalue weighted by molar-refractivity contribution is -0.113. The number of amides is 1. The summed E-state index contributed by atoms with van der Waals surface area (Å²) in [6.45, 7) is 6.75. The van der Waals surface area contributed by atoms with Crippen LogP contribution in [0.3, 0.4) is 0 Å². The Morgan fingerprint density at radius 1 is 1.57 bits per heavy atom. The summed E-state index contributed by atoms with van der Waals surface area (Å²) < 4.78 is 13.2. The molecule has 0 unspecified atom stereocenters. The number of carbonyl (C=O) groups is 1. The summed E-state index contributed by atoms with van der Waals surface area (Å²) in [7, 11) is 3.46. The zero-order valence-electron chi connectivity index (χ0n) is 13.6. The molecular formula is C16H26N2O3. The number of hydrogen-bond donors (Lipinski definition) is 0. The molecule has 0 spiro atoms. The molecule has 1 aromatic rings. The van der Waals surface area contributed by atoms with E-state index in [4.69, 9.17) is 9.47 Å². The smallest absolute Gasteiger partial charge is 0.412 e. The minimum atomic E-state index is -0.587. The summed E-state index contributed by atoms with van der Waals surface area (Å²) in [5, 5.41) is 0. The Balaban J connectivity index is 2.23. The van der Waals surface area contributed by atoms with E-state index in [0.29, 0.717) is 6.61 Å². The van der Waals surface area contributed by atoms with Gasteiger partial charge in [0, 0.05) is 31.3 Å². The van der Waals surface area contributed by atoms with E-state index in [2.05, 4.69) is 24.5 Å². The fraction of sp³-hybridized carbons (Fsp3) is 0.688. The van der Waals surface area contributed by atoms with Crippen LogP contribution in [0.1, 0.15) is 32.9 Å². The lowest BCUT2D eigenvalue weighted by atomic mass is 9.92. The molecule has 0 bridgehead atoms. The third-order valence-electron chi connectivity index (χ3n) is 4.49. The van der Waals surface area contributed by atoms with Gasteiger partial charge in [0.15, 0.2) is 0 Å². The van der Waals surface area contributed by atoms with Crippen LogP contribution >= 0.6 is 0 Å². The zero-order chi connectivity index (χ0) is 15.6. The van der Waals surface area contributed by atoms with Crippen LogP contribution in [-0.4, -0.2) is 41.0 Å². The molecule has 0 N–H and O–H groups in total. The summed E-state index contributed by atoms with van der Waals surface area (Å²) in [5.41, 5.74) is 0.652. The highest BCUT2D eigenvalue weighted by Gasteiger charge is 2.51. The van der Waals surface area contributed by atoms with Crippen LogP contribution in [0.2, 0.25) is 0 Å². The normalized spacial score (nSPS) is 25.6. The molecular weight excluding hydrogens is 268 g/mol. The van der Waals surface area contributed by atoms with Crippen molar-refractivity contribution in [2.24, 2.45) is 13.0 Å². The molecule has 5 heteroatoms. The second-order valence-electron chi connectivity index (χ2n) is 6.11. The summed E-state index contributed by atoms with van der Waals surface area (Å²) in [4.78, 5) is 14.0. The largest absolute Gasteiger partial charge is 0.453 e. The maximum atomic E-state index is 12.2. The van der Waals surface area contributed by atoms with E-state index in [-0.39, 0.29) is 18.1 Å². The average molecular weight is 294 g/mol. The highest BCUT2D eigenvalue weighted by Crippen LogP contribution is 2.38. The number of rotatable bonds is 4. The van der Waals surface area contributed by atoms with E-state index < -0.39 is 5.72 Å². The monoisotopic (exact) mass is 294 g/mol. The van der Waals surface area contributed by atoms with E-state index in [1.54, 1.807) is 4.90 Å².